The second-order valence-electron chi connectivity index (χ2n) is 5.45. The number of fused-ring (bicyclic) bond motifs is 1. The number of halogens is 1. The number of benzene rings is 2. The van der Waals surface area contributed by atoms with Gasteiger partial charge in [-0.05, 0) is 16.3 Å². The maximum absolute atomic E-state index is 3.53. The standard InChI is InChI=1S/C17H21BrN2/c18-8-9-19-10-12-20(13-11-19)14-16-6-3-5-15-4-1-2-7-17(15)16/h1-7H,8-14H2. The minimum absolute atomic E-state index is 1.07. The van der Waals surface area contributed by atoms with E-state index in [1.807, 2.05) is 0 Å². The van der Waals surface area contributed by atoms with Crippen LogP contribution in [0.15, 0.2) is 42.5 Å². The van der Waals surface area contributed by atoms with E-state index >= 15 is 0 Å². The van der Waals surface area contributed by atoms with E-state index in [0.29, 0.717) is 0 Å². The molecule has 0 aromatic heterocycles. The van der Waals surface area contributed by atoms with Crippen molar-refractivity contribution in [1.29, 1.82) is 0 Å². The van der Waals surface area contributed by atoms with Crippen molar-refractivity contribution in [2.75, 3.05) is 38.1 Å². The van der Waals surface area contributed by atoms with Crippen LogP contribution in [0.3, 0.4) is 0 Å². The maximum Gasteiger partial charge on any atom is 0.0240 e. The summed E-state index contributed by atoms with van der Waals surface area (Å²) in [5.74, 6) is 0. The van der Waals surface area contributed by atoms with Gasteiger partial charge in [-0.1, -0.05) is 58.4 Å². The lowest BCUT2D eigenvalue weighted by Crippen LogP contribution is -2.46. The van der Waals surface area contributed by atoms with Crippen molar-refractivity contribution in [2.45, 2.75) is 6.54 Å². The molecule has 0 radical (unpaired) electrons. The van der Waals surface area contributed by atoms with Crippen LogP contribution in [0.2, 0.25) is 0 Å². The average molecular weight is 333 g/mol. The minimum Gasteiger partial charge on any atom is -0.300 e. The van der Waals surface area contributed by atoms with Gasteiger partial charge in [0, 0.05) is 44.6 Å². The summed E-state index contributed by atoms with van der Waals surface area (Å²) in [5.41, 5.74) is 1.46. The highest BCUT2D eigenvalue weighted by atomic mass is 79.9. The third-order valence-electron chi connectivity index (χ3n) is 4.14. The van der Waals surface area contributed by atoms with E-state index in [0.717, 1.165) is 11.9 Å². The molecule has 106 valence electrons. The molecule has 1 heterocycles. The zero-order valence-electron chi connectivity index (χ0n) is 11.8. The molecule has 0 atom stereocenters. The molecule has 3 rings (SSSR count). The molecular weight excluding hydrogens is 312 g/mol. The van der Waals surface area contributed by atoms with E-state index < -0.39 is 0 Å². The van der Waals surface area contributed by atoms with Gasteiger partial charge in [-0.2, -0.15) is 0 Å². The zero-order valence-corrected chi connectivity index (χ0v) is 13.3. The molecule has 1 aliphatic heterocycles. The maximum atomic E-state index is 3.53. The summed E-state index contributed by atoms with van der Waals surface area (Å²) in [6, 6.07) is 15.3. The number of rotatable bonds is 4. The van der Waals surface area contributed by atoms with Crippen LogP contribution in [0.1, 0.15) is 5.56 Å². The van der Waals surface area contributed by atoms with Crippen molar-refractivity contribution < 1.29 is 0 Å². The summed E-state index contributed by atoms with van der Waals surface area (Å²) < 4.78 is 0. The molecule has 2 aromatic rings. The van der Waals surface area contributed by atoms with Crippen molar-refractivity contribution in [2.24, 2.45) is 0 Å². The van der Waals surface area contributed by atoms with Gasteiger partial charge in [0.05, 0.1) is 0 Å². The third kappa shape index (κ3) is 3.22. The molecule has 0 aliphatic carbocycles. The SMILES string of the molecule is BrCCN1CCN(Cc2cccc3ccccc23)CC1. The van der Waals surface area contributed by atoms with Gasteiger partial charge < -0.3 is 0 Å². The zero-order chi connectivity index (χ0) is 13.8. The molecule has 1 fully saturated rings. The lowest BCUT2D eigenvalue weighted by Gasteiger charge is -2.34. The van der Waals surface area contributed by atoms with Gasteiger partial charge in [-0.15, -0.1) is 0 Å². The van der Waals surface area contributed by atoms with E-state index in [9.17, 15) is 0 Å². The number of hydrogen-bond acceptors (Lipinski definition) is 2. The summed E-state index contributed by atoms with van der Waals surface area (Å²) in [7, 11) is 0. The summed E-state index contributed by atoms with van der Waals surface area (Å²) >= 11 is 3.53. The molecule has 0 spiro atoms. The number of piperazine rings is 1. The molecule has 0 saturated carbocycles. The first-order chi connectivity index (χ1) is 9.86. The van der Waals surface area contributed by atoms with Gasteiger partial charge in [-0.3, -0.25) is 9.80 Å². The Morgan fingerprint density at radius 1 is 0.850 bits per heavy atom. The normalized spacial score (nSPS) is 17.6. The Morgan fingerprint density at radius 2 is 1.55 bits per heavy atom. The van der Waals surface area contributed by atoms with E-state index in [4.69, 9.17) is 0 Å². The van der Waals surface area contributed by atoms with Crippen molar-refractivity contribution in [3.63, 3.8) is 0 Å². The van der Waals surface area contributed by atoms with Crippen molar-refractivity contribution in [3.05, 3.63) is 48.0 Å². The Labute approximate surface area is 129 Å². The number of alkyl halides is 1. The van der Waals surface area contributed by atoms with Crippen molar-refractivity contribution >= 4 is 26.7 Å². The Balaban J connectivity index is 1.68. The molecular formula is C17H21BrN2. The van der Waals surface area contributed by atoms with Crippen LogP contribution in [0.4, 0.5) is 0 Å². The molecule has 0 N–H and O–H groups in total. The summed E-state index contributed by atoms with van der Waals surface area (Å²) in [6.45, 7) is 6.98. The van der Waals surface area contributed by atoms with Gasteiger partial charge in [0.25, 0.3) is 0 Å². The van der Waals surface area contributed by atoms with Gasteiger partial charge in [0.1, 0.15) is 0 Å². The molecule has 1 saturated heterocycles. The topological polar surface area (TPSA) is 6.48 Å². The van der Waals surface area contributed by atoms with Crippen molar-refractivity contribution in [1.82, 2.24) is 9.80 Å². The van der Waals surface area contributed by atoms with Gasteiger partial charge >= 0.3 is 0 Å². The Hall–Kier alpha value is -0.900. The number of nitrogens with zero attached hydrogens (tertiary/aromatic N) is 2. The minimum atomic E-state index is 1.07. The molecule has 3 heteroatoms. The van der Waals surface area contributed by atoms with Crippen LogP contribution in [-0.2, 0) is 6.54 Å². The second-order valence-corrected chi connectivity index (χ2v) is 6.24. The summed E-state index contributed by atoms with van der Waals surface area (Å²) in [6.07, 6.45) is 0. The third-order valence-corrected chi connectivity index (χ3v) is 4.49. The first kappa shape index (κ1) is 14.1. The van der Waals surface area contributed by atoms with Crippen LogP contribution in [0, 0.1) is 0 Å². The summed E-state index contributed by atoms with van der Waals surface area (Å²) in [4.78, 5) is 5.11. The lowest BCUT2D eigenvalue weighted by molar-refractivity contribution is 0.133. The Morgan fingerprint density at radius 3 is 2.35 bits per heavy atom. The monoisotopic (exact) mass is 332 g/mol. The molecule has 20 heavy (non-hydrogen) atoms. The first-order valence-electron chi connectivity index (χ1n) is 7.34. The van der Waals surface area contributed by atoms with Gasteiger partial charge in [0.2, 0.25) is 0 Å². The van der Waals surface area contributed by atoms with E-state index in [1.165, 1.54) is 49.1 Å². The Kier molecular flexibility index (Phi) is 4.71. The number of hydrogen-bond donors (Lipinski definition) is 0. The highest BCUT2D eigenvalue weighted by Gasteiger charge is 2.16. The van der Waals surface area contributed by atoms with Crippen molar-refractivity contribution in [3.8, 4) is 0 Å². The molecule has 2 nitrogen and oxygen atoms in total. The quantitative estimate of drug-likeness (QED) is 0.792. The van der Waals surface area contributed by atoms with Crippen LogP contribution in [0.5, 0.6) is 0 Å². The largest absolute Gasteiger partial charge is 0.300 e. The smallest absolute Gasteiger partial charge is 0.0240 e. The fourth-order valence-corrected chi connectivity index (χ4v) is 3.46. The van der Waals surface area contributed by atoms with E-state index in [2.05, 4.69) is 68.2 Å². The molecule has 1 aliphatic rings. The lowest BCUT2D eigenvalue weighted by atomic mass is 10.0. The van der Waals surface area contributed by atoms with E-state index in [-0.39, 0.29) is 0 Å². The molecule has 0 amide bonds. The Bertz CT molecular complexity index is 556. The second kappa shape index (κ2) is 6.70. The fraction of sp³-hybridized carbons (Fsp3) is 0.412. The van der Waals surface area contributed by atoms with Crippen LogP contribution in [0.25, 0.3) is 10.8 Å². The molecule has 0 bridgehead atoms. The van der Waals surface area contributed by atoms with Crippen LogP contribution in [-0.4, -0.2) is 47.9 Å². The van der Waals surface area contributed by atoms with Crippen LogP contribution >= 0.6 is 15.9 Å². The first-order valence-corrected chi connectivity index (χ1v) is 8.46. The molecule has 2 aromatic carbocycles. The summed E-state index contributed by atoms with van der Waals surface area (Å²) in [5, 5.41) is 3.83. The highest BCUT2D eigenvalue weighted by molar-refractivity contribution is 9.09. The van der Waals surface area contributed by atoms with Crippen LogP contribution < -0.4 is 0 Å². The van der Waals surface area contributed by atoms with Gasteiger partial charge in [-0.25, -0.2) is 0 Å². The predicted molar refractivity (Wildman–Crippen MR) is 89.5 cm³/mol. The average Bonchev–Trinajstić information content (AvgIpc) is 2.50. The van der Waals surface area contributed by atoms with E-state index in [1.54, 1.807) is 0 Å². The fourth-order valence-electron chi connectivity index (χ4n) is 2.96. The molecule has 0 unspecified atom stereocenters. The highest BCUT2D eigenvalue weighted by Crippen LogP contribution is 2.20. The van der Waals surface area contributed by atoms with Gasteiger partial charge in [0.15, 0.2) is 0 Å². The predicted octanol–water partition coefficient (Wildman–Crippen LogP) is 3.35.